The van der Waals surface area contributed by atoms with E-state index < -0.39 is 0 Å². The fourth-order valence-electron chi connectivity index (χ4n) is 2.24. The largest absolute Gasteiger partial charge is 0.340 e. The lowest BCUT2D eigenvalue weighted by atomic mass is 10.1. The molecule has 1 atom stereocenters. The number of hydrogen-bond donors (Lipinski definition) is 0. The maximum absolute atomic E-state index is 11.5. The van der Waals surface area contributed by atoms with Crippen molar-refractivity contribution in [3.05, 3.63) is 0 Å². The van der Waals surface area contributed by atoms with Crippen molar-refractivity contribution >= 4 is 15.1 Å². The molecular formula is C13H27N2OP. The Kier molecular flexibility index (Phi) is 7.06. The van der Waals surface area contributed by atoms with Gasteiger partial charge < -0.3 is 4.90 Å². The number of unbranched alkanes of at least 4 members (excludes halogenated alkanes) is 1. The summed E-state index contributed by atoms with van der Waals surface area (Å²) in [4.78, 5) is 16.0. The molecule has 0 aromatic rings. The van der Waals surface area contributed by atoms with Crippen LogP contribution in [0.5, 0.6) is 0 Å². The Balaban J connectivity index is 2.09. The van der Waals surface area contributed by atoms with E-state index in [9.17, 15) is 4.79 Å². The summed E-state index contributed by atoms with van der Waals surface area (Å²) in [7, 11) is 2.51. The van der Waals surface area contributed by atoms with E-state index in [4.69, 9.17) is 0 Å². The summed E-state index contributed by atoms with van der Waals surface area (Å²) in [6.07, 6.45) is 4.54. The number of carbonyl (C=O) groups is 1. The Morgan fingerprint density at radius 3 is 2.35 bits per heavy atom. The fourth-order valence-corrected chi connectivity index (χ4v) is 2.50. The van der Waals surface area contributed by atoms with E-state index >= 15 is 0 Å². The molecule has 0 aromatic carbocycles. The summed E-state index contributed by atoms with van der Waals surface area (Å²) in [5.41, 5.74) is 0. The molecule has 0 aromatic heterocycles. The molecule has 17 heavy (non-hydrogen) atoms. The van der Waals surface area contributed by atoms with Gasteiger partial charge in [0.25, 0.3) is 0 Å². The third kappa shape index (κ3) is 5.83. The molecule has 1 fully saturated rings. The summed E-state index contributed by atoms with van der Waals surface area (Å²) in [5, 5.41) is 0. The maximum Gasteiger partial charge on any atom is 0.226 e. The highest BCUT2D eigenvalue weighted by molar-refractivity contribution is 7.18. The SMILES string of the molecule is CC(C)CCCCN1CCN(C(=O)CP)CC1. The first-order valence-electron chi connectivity index (χ1n) is 6.83. The Bertz CT molecular complexity index is 225. The van der Waals surface area contributed by atoms with Crippen LogP contribution in [0.15, 0.2) is 0 Å². The van der Waals surface area contributed by atoms with Crippen molar-refractivity contribution in [1.82, 2.24) is 9.80 Å². The summed E-state index contributed by atoms with van der Waals surface area (Å²) < 4.78 is 0. The molecule has 1 rings (SSSR count). The average Bonchev–Trinajstić information content (AvgIpc) is 2.34. The molecule has 1 aliphatic heterocycles. The van der Waals surface area contributed by atoms with Crippen molar-refractivity contribution in [2.24, 2.45) is 5.92 Å². The number of rotatable bonds is 6. The highest BCUT2D eigenvalue weighted by atomic mass is 31.0. The van der Waals surface area contributed by atoms with E-state index in [2.05, 4.69) is 28.0 Å². The second kappa shape index (κ2) is 8.05. The summed E-state index contributed by atoms with van der Waals surface area (Å²) in [6, 6.07) is 0. The van der Waals surface area contributed by atoms with Gasteiger partial charge in [0.2, 0.25) is 5.91 Å². The van der Waals surface area contributed by atoms with Gasteiger partial charge >= 0.3 is 0 Å². The van der Waals surface area contributed by atoms with Crippen LogP contribution in [-0.4, -0.2) is 54.6 Å². The normalized spacial score (nSPS) is 17.8. The van der Waals surface area contributed by atoms with Crippen LogP contribution in [0.4, 0.5) is 0 Å². The Hall–Kier alpha value is -0.140. The molecule has 1 unspecified atom stereocenters. The maximum atomic E-state index is 11.5. The molecule has 3 nitrogen and oxygen atoms in total. The first-order valence-corrected chi connectivity index (χ1v) is 7.65. The monoisotopic (exact) mass is 258 g/mol. The Morgan fingerprint density at radius 1 is 1.18 bits per heavy atom. The van der Waals surface area contributed by atoms with Gasteiger partial charge in [0.1, 0.15) is 0 Å². The molecule has 0 N–H and O–H groups in total. The van der Waals surface area contributed by atoms with E-state index in [0.717, 1.165) is 32.1 Å². The first-order chi connectivity index (χ1) is 8.13. The van der Waals surface area contributed by atoms with Crippen LogP contribution >= 0.6 is 9.24 Å². The first kappa shape index (κ1) is 14.9. The smallest absolute Gasteiger partial charge is 0.226 e. The summed E-state index contributed by atoms with van der Waals surface area (Å²) >= 11 is 0. The molecule has 4 heteroatoms. The van der Waals surface area contributed by atoms with E-state index in [0.29, 0.717) is 6.16 Å². The predicted octanol–water partition coefficient (Wildman–Crippen LogP) is 1.83. The predicted molar refractivity (Wildman–Crippen MR) is 76.3 cm³/mol. The molecule has 1 heterocycles. The van der Waals surface area contributed by atoms with E-state index in [-0.39, 0.29) is 5.91 Å². The van der Waals surface area contributed by atoms with Gasteiger partial charge in [-0.15, -0.1) is 9.24 Å². The number of piperazine rings is 1. The lowest BCUT2D eigenvalue weighted by Gasteiger charge is -2.34. The third-order valence-corrected chi connectivity index (χ3v) is 3.75. The highest BCUT2D eigenvalue weighted by Crippen LogP contribution is 2.09. The molecule has 1 saturated heterocycles. The summed E-state index contributed by atoms with van der Waals surface area (Å²) in [6.45, 7) is 9.71. The highest BCUT2D eigenvalue weighted by Gasteiger charge is 2.19. The molecule has 0 aliphatic carbocycles. The molecule has 1 aliphatic rings. The molecule has 0 bridgehead atoms. The van der Waals surface area contributed by atoms with Crippen LogP contribution in [-0.2, 0) is 4.79 Å². The van der Waals surface area contributed by atoms with Crippen molar-refractivity contribution < 1.29 is 4.79 Å². The van der Waals surface area contributed by atoms with E-state index in [1.54, 1.807) is 0 Å². The number of carbonyl (C=O) groups excluding carboxylic acids is 1. The number of amides is 1. The zero-order valence-electron chi connectivity index (χ0n) is 11.3. The zero-order chi connectivity index (χ0) is 12.7. The number of hydrogen-bond acceptors (Lipinski definition) is 2. The minimum Gasteiger partial charge on any atom is -0.340 e. The molecule has 0 saturated carbocycles. The van der Waals surface area contributed by atoms with Crippen molar-refractivity contribution in [2.45, 2.75) is 33.1 Å². The lowest BCUT2D eigenvalue weighted by molar-refractivity contribution is -0.130. The van der Waals surface area contributed by atoms with Gasteiger partial charge in [-0.05, 0) is 18.9 Å². The zero-order valence-corrected chi connectivity index (χ0v) is 12.5. The second-order valence-corrected chi connectivity index (χ2v) is 5.72. The number of nitrogens with zero attached hydrogens (tertiary/aromatic N) is 2. The molecule has 0 radical (unpaired) electrons. The van der Waals surface area contributed by atoms with Gasteiger partial charge in [-0.1, -0.05) is 26.7 Å². The molecule has 0 spiro atoms. The lowest BCUT2D eigenvalue weighted by Crippen LogP contribution is -2.49. The summed E-state index contributed by atoms with van der Waals surface area (Å²) in [5.74, 6) is 1.10. The Labute approximate surface area is 108 Å². The minimum absolute atomic E-state index is 0.273. The second-order valence-electron chi connectivity index (χ2n) is 5.32. The van der Waals surface area contributed by atoms with Crippen molar-refractivity contribution in [3.8, 4) is 0 Å². The quantitative estimate of drug-likeness (QED) is 0.536. The fraction of sp³-hybridized carbons (Fsp3) is 0.923. The van der Waals surface area contributed by atoms with E-state index in [1.807, 2.05) is 4.90 Å². The minimum atomic E-state index is 0.273. The van der Waals surface area contributed by atoms with E-state index in [1.165, 1.54) is 25.8 Å². The van der Waals surface area contributed by atoms with Gasteiger partial charge in [0.15, 0.2) is 0 Å². The van der Waals surface area contributed by atoms with Crippen molar-refractivity contribution in [3.63, 3.8) is 0 Å². The van der Waals surface area contributed by atoms with Crippen LogP contribution in [0.3, 0.4) is 0 Å². The van der Waals surface area contributed by atoms with Crippen LogP contribution in [0.2, 0.25) is 0 Å². The van der Waals surface area contributed by atoms with Gasteiger partial charge in [0.05, 0.1) is 0 Å². The third-order valence-electron chi connectivity index (χ3n) is 3.41. The van der Waals surface area contributed by atoms with Crippen LogP contribution in [0, 0.1) is 5.92 Å². The molecular weight excluding hydrogens is 231 g/mol. The molecule has 100 valence electrons. The van der Waals surface area contributed by atoms with Crippen molar-refractivity contribution in [1.29, 1.82) is 0 Å². The average molecular weight is 258 g/mol. The van der Waals surface area contributed by atoms with Gasteiger partial charge in [-0.25, -0.2) is 0 Å². The van der Waals surface area contributed by atoms with Gasteiger partial charge in [-0.2, -0.15) is 0 Å². The Morgan fingerprint density at radius 2 is 1.82 bits per heavy atom. The van der Waals surface area contributed by atoms with Crippen LogP contribution < -0.4 is 0 Å². The van der Waals surface area contributed by atoms with Crippen molar-refractivity contribution in [2.75, 3.05) is 38.9 Å². The van der Waals surface area contributed by atoms with Crippen LogP contribution in [0.25, 0.3) is 0 Å². The standard InChI is InChI=1S/C13H27N2OP/c1-12(2)5-3-4-6-14-7-9-15(10-8-14)13(16)11-17/h12H,3-11,17H2,1-2H3. The molecule has 1 amide bonds. The van der Waals surface area contributed by atoms with Gasteiger partial charge in [0, 0.05) is 32.3 Å². The van der Waals surface area contributed by atoms with Crippen LogP contribution in [0.1, 0.15) is 33.1 Å². The topological polar surface area (TPSA) is 23.6 Å². The van der Waals surface area contributed by atoms with Gasteiger partial charge in [-0.3, -0.25) is 9.69 Å².